The molecule has 0 spiro atoms. The molecule has 0 aromatic carbocycles. The third-order valence-corrected chi connectivity index (χ3v) is 2.67. The maximum Gasteiger partial charge on any atom is 0.220 e. The van der Waals surface area contributed by atoms with Crippen LogP contribution in [0.15, 0.2) is 0 Å². The fraction of sp³-hybridized carbons (Fsp3) is 0.917. The first-order valence-corrected chi connectivity index (χ1v) is 6.32. The van der Waals surface area contributed by atoms with Gasteiger partial charge in [0.05, 0.1) is 0 Å². The quantitative estimate of drug-likeness (QED) is 0.547. The lowest BCUT2D eigenvalue weighted by Gasteiger charge is -2.05. The standard InChI is InChI=1S/C12H24N2O2/c1-13-7-2-4-12(15)14-8-3-9-16-10-11-5-6-11/h11,13H,2-10H2,1H3,(H,14,15). The molecule has 1 rings (SSSR count). The highest BCUT2D eigenvalue weighted by Gasteiger charge is 2.20. The molecule has 1 fully saturated rings. The van der Waals surface area contributed by atoms with Gasteiger partial charge in [0.25, 0.3) is 0 Å². The minimum atomic E-state index is 0.150. The van der Waals surface area contributed by atoms with Crippen molar-refractivity contribution >= 4 is 5.91 Å². The molecule has 1 saturated carbocycles. The average Bonchev–Trinajstić information content (AvgIpc) is 3.07. The van der Waals surface area contributed by atoms with E-state index in [-0.39, 0.29) is 5.91 Å². The molecule has 0 atom stereocenters. The van der Waals surface area contributed by atoms with Crippen molar-refractivity contribution in [3.63, 3.8) is 0 Å². The molecule has 4 heteroatoms. The molecule has 2 N–H and O–H groups in total. The molecule has 0 aliphatic heterocycles. The van der Waals surface area contributed by atoms with Crippen molar-refractivity contribution in [1.82, 2.24) is 10.6 Å². The first-order valence-electron chi connectivity index (χ1n) is 6.32. The second kappa shape index (κ2) is 8.53. The molecular formula is C12H24N2O2. The van der Waals surface area contributed by atoms with Gasteiger partial charge in [0.1, 0.15) is 0 Å². The Hall–Kier alpha value is -0.610. The smallest absolute Gasteiger partial charge is 0.220 e. The maximum absolute atomic E-state index is 11.3. The fourth-order valence-corrected chi connectivity index (χ4v) is 1.45. The van der Waals surface area contributed by atoms with Crippen LogP contribution in [0, 0.1) is 5.92 Å². The predicted octanol–water partition coefficient (Wildman–Crippen LogP) is 0.919. The van der Waals surface area contributed by atoms with Crippen LogP contribution in [-0.4, -0.2) is 39.3 Å². The summed E-state index contributed by atoms with van der Waals surface area (Å²) in [7, 11) is 1.90. The van der Waals surface area contributed by atoms with E-state index >= 15 is 0 Å². The zero-order valence-corrected chi connectivity index (χ0v) is 10.3. The summed E-state index contributed by atoms with van der Waals surface area (Å²) in [5, 5.41) is 5.92. The van der Waals surface area contributed by atoms with E-state index in [0.717, 1.165) is 45.1 Å². The summed E-state index contributed by atoms with van der Waals surface area (Å²) in [5.74, 6) is 0.980. The van der Waals surface area contributed by atoms with Crippen LogP contribution >= 0.6 is 0 Å². The Labute approximate surface area is 98.1 Å². The number of nitrogens with one attached hydrogen (secondary N) is 2. The van der Waals surface area contributed by atoms with Crippen LogP contribution in [0.1, 0.15) is 32.1 Å². The number of hydrogen-bond acceptors (Lipinski definition) is 3. The van der Waals surface area contributed by atoms with Gasteiger partial charge in [0.15, 0.2) is 0 Å². The average molecular weight is 228 g/mol. The predicted molar refractivity (Wildman–Crippen MR) is 64.3 cm³/mol. The van der Waals surface area contributed by atoms with E-state index in [1.54, 1.807) is 0 Å². The van der Waals surface area contributed by atoms with Crippen LogP contribution in [0.5, 0.6) is 0 Å². The first kappa shape index (κ1) is 13.5. The van der Waals surface area contributed by atoms with Gasteiger partial charge in [-0.25, -0.2) is 0 Å². The van der Waals surface area contributed by atoms with Gasteiger partial charge in [-0.3, -0.25) is 4.79 Å². The van der Waals surface area contributed by atoms with Gasteiger partial charge in [0.2, 0.25) is 5.91 Å². The number of carbonyl (C=O) groups excluding carboxylic acids is 1. The number of ether oxygens (including phenoxy) is 1. The van der Waals surface area contributed by atoms with Gasteiger partial charge in [-0.1, -0.05) is 0 Å². The second-order valence-corrected chi connectivity index (χ2v) is 4.43. The van der Waals surface area contributed by atoms with Crippen molar-refractivity contribution < 1.29 is 9.53 Å². The Bertz CT molecular complexity index is 193. The van der Waals surface area contributed by atoms with Gasteiger partial charge in [-0.2, -0.15) is 0 Å². The lowest BCUT2D eigenvalue weighted by molar-refractivity contribution is -0.121. The second-order valence-electron chi connectivity index (χ2n) is 4.43. The largest absolute Gasteiger partial charge is 0.381 e. The van der Waals surface area contributed by atoms with Crippen LogP contribution in [-0.2, 0) is 9.53 Å². The highest BCUT2D eigenvalue weighted by atomic mass is 16.5. The molecule has 0 heterocycles. The number of rotatable bonds is 10. The van der Waals surface area contributed by atoms with Crippen molar-refractivity contribution in [2.75, 3.05) is 33.4 Å². The third-order valence-electron chi connectivity index (χ3n) is 2.67. The summed E-state index contributed by atoms with van der Waals surface area (Å²) in [6, 6.07) is 0. The Balaban J connectivity index is 1.76. The molecule has 0 saturated heterocycles. The normalized spacial score (nSPS) is 15.1. The first-order chi connectivity index (χ1) is 7.83. The molecule has 0 aromatic rings. The molecule has 0 unspecified atom stereocenters. The zero-order chi connectivity index (χ0) is 11.6. The minimum Gasteiger partial charge on any atom is -0.381 e. The molecule has 94 valence electrons. The number of amides is 1. The van der Waals surface area contributed by atoms with Crippen molar-refractivity contribution in [3.8, 4) is 0 Å². The van der Waals surface area contributed by atoms with Crippen molar-refractivity contribution in [2.45, 2.75) is 32.1 Å². The third kappa shape index (κ3) is 7.65. The summed E-state index contributed by atoms with van der Waals surface area (Å²) in [5.41, 5.74) is 0. The number of carbonyl (C=O) groups is 1. The summed E-state index contributed by atoms with van der Waals surface area (Å²) in [6.07, 6.45) is 5.11. The molecule has 1 aliphatic rings. The van der Waals surface area contributed by atoms with E-state index in [4.69, 9.17) is 4.74 Å². The van der Waals surface area contributed by atoms with Crippen LogP contribution < -0.4 is 10.6 Å². The molecule has 0 bridgehead atoms. The molecular weight excluding hydrogens is 204 g/mol. The van der Waals surface area contributed by atoms with E-state index in [0.29, 0.717) is 6.42 Å². The Morgan fingerprint density at radius 3 is 2.81 bits per heavy atom. The zero-order valence-electron chi connectivity index (χ0n) is 10.3. The lowest BCUT2D eigenvalue weighted by Crippen LogP contribution is -2.26. The Kier molecular flexibility index (Phi) is 7.17. The lowest BCUT2D eigenvalue weighted by atomic mass is 10.3. The molecule has 1 amide bonds. The molecule has 0 radical (unpaired) electrons. The summed E-state index contributed by atoms with van der Waals surface area (Å²) < 4.78 is 5.48. The van der Waals surface area contributed by atoms with Gasteiger partial charge in [-0.15, -0.1) is 0 Å². The highest BCUT2D eigenvalue weighted by Crippen LogP contribution is 2.28. The summed E-state index contributed by atoms with van der Waals surface area (Å²) in [4.78, 5) is 11.3. The number of hydrogen-bond donors (Lipinski definition) is 2. The summed E-state index contributed by atoms with van der Waals surface area (Å²) >= 11 is 0. The van der Waals surface area contributed by atoms with Gasteiger partial charge in [0, 0.05) is 26.2 Å². The van der Waals surface area contributed by atoms with E-state index < -0.39 is 0 Å². The Morgan fingerprint density at radius 1 is 1.31 bits per heavy atom. The van der Waals surface area contributed by atoms with E-state index in [1.807, 2.05) is 7.05 Å². The van der Waals surface area contributed by atoms with E-state index in [1.165, 1.54) is 12.8 Å². The Morgan fingerprint density at radius 2 is 2.12 bits per heavy atom. The van der Waals surface area contributed by atoms with Crippen LogP contribution in [0.3, 0.4) is 0 Å². The highest BCUT2D eigenvalue weighted by molar-refractivity contribution is 5.75. The minimum absolute atomic E-state index is 0.150. The van der Waals surface area contributed by atoms with Gasteiger partial charge < -0.3 is 15.4 Å². The van der Waals surface area contributed by atoms with Crippen molar-refractivity contribution in [2.24, 2.45) is 5.92 Å². The van der Waals surface area contributed by atoms with Crippen LogP contribution in [0.2, 0.25) is 0 Å². The van der Waals surface area contributed by atoms with Crippen molar-refractivity contribution in [3.05, 3.63) is 0 Å². The van der Waals surface area contributed by atoms with Gasteiger partial charge in [-0.05, 0) is 45.2 Å². The topological polar surface area (TPSA) is 50.4 Å². The fourth-order valence-electron chi connectivity index (χ4n) is 1.45. The molecule has 1 aliphatic carbocycles. The van der Waals surface area contributed by atoms with Crippen LogP contribution in [0.25, 0.3) is 0 Å². The van der Waals surface area contributed by atoms with Crippen molar-refractivity contribution in [1.29, 1.82) is 0 Å². The van der Waals surface area contributed by atoms with E-state index in [2.05, 4.69) is 10.6 Å². The molecule has 4 nitrogen and oxygen atoms in total. The monoisotopic (exact) mass is 228 g/mol. The molecule has 16 heavy (non-hydrogen) atoms. The van der Waals surface area contributed by atoms with Gasteiger partial charge >= 0.3 is 0 Å². The van der Waals surface area contributed by atoms with E-state index in [9.17, 15) is 4.79 Å². The maximum atomic E-state index is 11.3. The molecule has 0 aromatic heterocycles. The summed E-state index contributed by atoms with van der Waals surface area (Å²) in [6.45, 7) is 3.32. The van der Waals surface area contributed by atoms with Crippen LogP contribution in [0.4, 0.5) is 0 Å². The SMILES string of the molecule is CNCCCC(=O)NCCCOCC1CC1.